The molecule has 1 rings (SSSR count). The van der Waals surface area contributed by atoms with Gasteiger partial charge >= 0.3 is 0 Å². The van der Waals surface area contributed by atoms with Gasteiger partial charge in [-0.15, -0.1) is 0 Å². The normalized spacial score (nSPS) is 37.7. The Bertz CT molecular complexity index is 98.2. The predicted octanol–water partition coefficient (Wildman–Crippen LogP) is -1.07. The Morgan fingerprint density at radius 2 is 2.44 bits per heavy atom. The highest BCUT2D eigenvalue weighted by Gasteiger charge is 2.28. The second-order valence-electron chi connectivity index (χ2n) is 2.18. The van der Waals surface area contributed by atoms with E-state index < -0.39 is 6.29 Å². The van der Waals surface area contributed by atoms with Crippen LogP contribution in [0.5, 0.6) is 0 Å². The van der Waals surface area contributed by atoms with Gasteiger partial charge in [0.2, 0.25) is 0 Å². The summed E-state index contributed by atoms with van der Waals surface area (Å²) in [5.74, 6) is 0. The molecule has 1 fully saturated rings. The average molecular weight is 133 g/mol. The molecule has 0 radical (unpaired) electrons. The first-order chi connectivity index (χ1) is 4.24. The number of nitrogens with zero attached hydrogens (tertiary/aromatic N) is 1. The van der Waals surface area contributed by atoms with Crippen LogP contribution in [-0.2, 0) is 4.84 Å². The van der Waals surface area contributed by atoms with Gasteiger partial charge in [-0.25, -0.2) is 0 Å². The molecule has 0 bridgehead atoms. The molecule has 2 atom stereocenters. The Morgan fingerprint density at radius 3 is 2.67 bits per heavy atom. The molecule has 4 nitrogen and oxygen atoms in total. The van der Waals surface area contributed by atoms with Crippen LogP contribution in [0, 0.1) is 0 Å². The second kappa shape index (κ2) is 2.62. The van der Waals surface area contributed by atoms with Crippen molar-refractivity contribution in [2.45, 2.75) is 18.8 Å². The van der Waals surface area contributed by atoms with E-state index in [1.165, 1.54) is 5.06 Å². The Kier molecular flexibility index (Phi) is 2.02. The van der Waals surface area contributed by atoms with E-state index >= 15 is 0 Å². The van der Waals surface area contributed by atoms with Crippen LogP contribution in [0.4, 0.5) is 0 Å². The molecule has 0 saturated carbocycles. The van der Waals surface area contributed by atoms with Crippen LogP contribution in [0.3, 0.4) is 0 Å². The molecule has 4 heteroatoms. The molecule has 0 aromatic heterocycles. The summed E-state index contributed by atoms with van der Waals surface area (Å²) < 4.78 is 0. The summed E-state index contributed by atoms with van der Waals surface area (Å²) >= 11 is 0. The van der Waals surface area contributed by atoms with Crippen molar-refractivity contribution in [3.63, 3.8) is 0 Å². The Balaban J connectivity index is 2.38. The third kappa shape index (κ3) is 1.40. The van der Waals surface area contributed by atoms with E-state index in [-0.39, 0.29) is 12.6 Å². The monoisotopic (exact) mass is 133 g/mol. The maximum absolute atomic E-state index is 8.83. The minimum atomic E-state index is -0.729. The zero-order chi connectivity index (χ0) is 6.85. The lowest BCUT2D eigenvalue weighted by atomic mass is 10.2. The van der Waals surface area contributed by atoms with Gasteiger partial charge in [-0.05, 0) is 0 Å². The summed E-state index contributed by atoms with van der Waals surface area (Å²) in [5.41, 5.74) is 0. The average Bonchev–Trinajstić information content (AvgIpc) is 2.10. The first kappa shape index (κ1) is 6.95. The van der Waals surface area contributed by atoms with Crippen LogP contribution in [0.2, 0.25) is 0 Å². The van der Waals surface area contributed by atoms with Crippen molar-refractivity contribution in [1.29, 1.82) is 0 Å². The van der Waals surface area contributed by atoms with E-state index in [4.69, 9.17) is 15.1 Å². The highest BCUT2D eigenvalue weighted by molar-refractivity contribution is 4.68. The molecule has 54 valence electrons. The van der Waals surface area contributed by atoms with E-state index in [1.54, 1.807) is 7.05 Å². The molecule has 1 aliphatic rings. The van der Waals surface area contributed by atoms with Crippen molar-refractivity contribution in [3.8, 4) is 0 Å². The van der Waals surface area contributed by atoms with E-state index in [1.807, 2.05) is 0 Å². The standard InChI is InChI=1S/C5H11NO3/c1-6-4(3-7)2-5(8)9-6/h4-5,7-8H,2-3H2,1H3. The van der Waals surface area contributed by atoms with Crippen molar-refractivity contribution in [2.24, 2.45) is 0 Å². The highest BCUT2D eigenvalue weighted by Crippen LogP contribution is 2.15. The van der Waals surface area contributed by atoms with Gasteiger partial charge in [0.05, 0.1) is 12.6 Å². The van der Waals surface area contributed by atoms with E-state index in [9.17, 15) is 0 Å². The van der Waals surface area contributed by atoms with Gasteiger partial charge in [0.15, 0.2) is 6.29 Å². The van der Waals surface area contributed by atoms with E-state index in [0.717, 1.165) is 0 Å². The summed E-state index contributed by atoms with van der Waals surface area (Å²) in [7, 11) is 1.69. The Labute approximate surface area is 53.6 Å². The highest BCUT2D eigenvalue weighted by atomic mass is 16.8. The second-order valence-corrected chi connectivity index (χ2v) is 2.18. The van der Waals surface area contributed by atoms with Gasteiger partial charge in [-0.1, -0.05) is 0 Å². The van der Waals surface area contributed by atoms with E-state index in [2.05, 4.69) is 0 Å². The number of rotatable bonds is 1. The predicted molar refractivity (Wildman–Crippen MR) is 30.3 cm³/mol. The zero-order valence-electron chi connectivity index (χ0n) is 5.32. The van der Waals surface area contributed by atoms with Gasteiger partial charge in [-0.3, -0.25) is 4.84 Å². The Morgan fingerprint density at radius 1 is 1.78 bits per heavy atom. The van der Waals surface area contributed by atoms with Crippen LogP contribution in [0.25, 0.3) is 0 Å². The minimum absolute atomic E-state index is 0.0353. The van der Waals surface area contributed by atoms with Crippen molar-refractivity contribution in [3.05, 3.63) is 0 Å². The van der Waals surface area contributed by atoms with Gasteiger partial charge in [0.25, 0.3) is 0 Å². The van der Waals surface area contributed by atoms with Crippen LogP contribution in [-0.4, -0.2) is 41.3 Å². The largest absolute Gasteiger partial charge is 0.395 e. The molecule has 0 spiro atoms. The fourth-order valence-corrected chi connectivity index (χ4v) is 0.892. The molecule has 0 aromatic carbocycles. The lowest BCUT2D eigenvalue weighted by Gasteiger charge is -2.12. The SMILES string of the molecule is CN1OC(O)CC1CO. The molecule has 2 N–H and O–H groups in total. The fraction of sp³-hybridized carbons (Fsp3) is 1.00. The summed E-state index contributed by atoms with van der Waals surface area (Å²) in [5, 5.41) is 18.9. The molecule has 0 aromatic rings. The first-order valence-electron chi connectivity index (χ1n) is 2.92. The van der Waals surface area contributed by atoms with Gasteiger partial charge < -0.3 is 10.2 Å². The van der Waals surface area contributed by atoms with Crippen molar-refractivity contribution >= 4 is 0 Å². The number of hydrogen-bond donors (Lipinski definition) is 2. The molecule has 1 aliphatic heterocycles. The third-order valence-electron chi connectivity index (χ3n) is 1.49. The summed E-state index contributed by atoms with van der Waals surface area (Å²) in [6.07, 6.45) is -0.236. The van der Waals surface area contributed by atoms with Crippen molar-refractivity contribution in [1.82, 2.24) is 5.06 Å². The summed E-state index contributed by atoms with van der Waals surface area (Å²) in [4.78, 5) is 4.79. The summed E-state index contributed by atoms with van der Waals surface area (Å²) in [6, 6.07) is -0.0417. The van der Waals surface area contributed by atoms with Crippen LogP contribution >= 0.6 is 0 Å². The third-order valence-corrected chi connectivity index (χ3v) is 1.49. The topological polar surface area (TPSA) is 52.9 Å². The molecule has 2 unspecified atom stereocenters. The zero-order valence-corrected chi connectivity index (χ0v) is 5.32. The lowest BCUT2D eigenvalue weighted by molar-refractivity contribution is -0.210. The number of likely N-dealkylation sites (N-methyl/N-ethyl adjacent to an activating group) is 1. The lowest BCUT2D eigenvalue weighted by Crippen LogP contribution is -2.26. The molecule has 0 aliphatic carbocycles. The molecule has 9 heavy (non-hydrogen) atoms. The van der Waals surface area contributed by atoms with Gasteiger partial charge in [-0.2, -0.15) is 5.06 Å². The van der Waals surface area contributed by atoms with Gasteiger partial charge in [0, 0.05) is 13.5 Å². The van der Waals surface area contributed by atoms with Crippen LogP contribution in [0.1, 0.15) is 6.42 Å². The van der Waals surface area contributed by atoms with E-state index in [0.29, 0.717) is 6.42 Å². The molecule has 0 amide bonds. The van der Waals surface area contributed by atoms with Crippen LogP contribution in [0.15, 0.2) is 0 Å². The van der Waals surface area contributed by atoms with Crippen LogP contribution < -0.4 is 0 Å². The number of aliphatic hydroxyl groups excluding tert-OH is 2. The first-order valence-corrected chi connectivity index (χ1v) is 2.92. The van der Waals surface area contributed by atoms with Crippen molar-refractivity contribution in [2.75, 3.05) is 13.7 Å². The molecular weight excluding hydrogens is 122 g/mol. The molecular formula is C5H11NO3. The minimum Gasteiger partial charge on any atom is -0.395 e. The smallest absolute Gasteiger partial charge is 0.176 e. The number of hydrogen-bond acceptors (Lipinski definition) is 4. The summed E-state index contributed by atoms with van der Waals surface area (Å²) in [6.45, 7) is 0.0353. The fourth-order valence-electron chi connectivity index (χ4n) is 0.892. The molecule has 1 heterocycles. The van der Waals surface area contributed by atoms with Crippen molar-refractivity contribution < 1.29 is 15.1 Å². The Hall–Kier alpha value is -0.160. The number of aliphatic hydroxyl groups is 2. The quantitative estimate of drug-likeness (QED) is 0.478. The maximum Gasteiger partial charge on any atom is 0.176 e. The maximum atomic E-state index is 8.83. The molecule has 1 saturated heterocycles. The van der Waals surface area contributed by atoms with Gasteiger partial charge in [0.1, 0.15) is 0 Å². The number of hydroxylamine groups is 2.